The average Bonchev–Trinajstić information content (AvgIpc) is 2.92. The van der Waals surface area contributed by atoms with Crippen LogP contribution in [0.25, 0.3) is 0 Å². The monoisotopic (exact) mass is 627 g/mol. The highest BCUT2D eigenvalue weighted by Crippen LogP contribution is 2.27. The van der Waals surface area contributed by atoms with Gasteiger partial charge in [0.15, 0.2) is 0 Å². The van der Waals surface area contributed by atoms with Gasteiger partial charge in [0.1, 0.15) is 12.6 Å². The summed E-state index contributed by atoms with van der Waals surface area (Å²) in [6.45, 7) is 9.65. The number of halogens is 1. The first kappa shape index (κ1) is 31.4. The highest BCUT2D eigenvalue weighted by molar-refractivity contribution is 9.10. The maximum Gasteiger partial charge on any atom is 0.264 e. The number of sulfonamides is 1. The van der Waals surface area contributed by atoms with E-state index < -0.39 is 28.5 Å². The third-order valence-corrected chi connectivity index (χ3v) is 9.25. The fraction of sp³-hybridized carbons (Fsp3) is 0.355. The first-order valence-electron chi connectivity index (χ1n) is 13.4. The Kier molecular flexibility index (Phi) is 10.9. The number of carbonyl (C=O) groups excluding carboxylic acids is 2. The van der Waals surface area contributed by atoms with E-state index in [9.17, 15) is 18.0 Å². The van der Waals surface area contributed by atoms with Gasteiger partial charge in [0.2, 0.25) is 11.8 Å². The molecular weight excluding hydrogens is 590 g/mol. The number of anilines is 1. The molecule has 0 fully saturated rings. The van der Waals surface area contributed by atoms with Gasteiger partial charge < -0.3 is 10.2 Å². The molecule has 3 aromatic carbocycles. The number of rotatable bonds is 12. The maximum atomic E-state index is 14.0. The molecule has 0 aliphatic carbocycles. The van der Waals surface area contributed by atoms with Crippen molar-refractivity contribution in [3.05, 3.63) is 93.5 Å². The highest BCUT2D eigenvalue weighted by Gasteiger charge is 2.32. The molecule has 0 saturated carbocycles. The lowest BCUT2D eigenvalue weighted by atomic mass is 10.1. The Bertz CT molecular complexity index is 1420. The predicted molar refractivity (Wildman–Crippen MR) is 164 cm³/mol. The summed E-state index contributed by atoms with van der Waals surface area (Å²) in [5, 5.41) is 2.90. The zero-order valence-corrected chi connectivity index (χ0v) is 26.2. The highest BCUT2D eigenvalue weighted by atomic mass is 79.9. The van der Waals surface area contributed by atoms with E-state index in [1.165, 1.54) is 4.90 Å². The van der Waals surface area contributed by atoms with E-state index in [0.717, 1.165) is 43.9 Å². The number of nitrogens with zero attached hydrogens (tertiary/aromatic N) is 2. The summed E-state index contributed by atoms with van der Waals surface area (Å²) >= 11 is 3.43. The number of aryl methyl sites for hydroxylation is 3. The number of benzene rings is 3. The van der Waals surface area contributed by atoms with Crippen molar-refractivity contribution in [2.24, 2.45) is 0 Å². The molecule has 9 heteroatoms. The van der Waals surface area contributed by atoms with Gasteiger partial charge in [0, 0.05) is 17.6 Å². The number of carbonyl (C=O) groups is 2. The zero-order valence-electron chi connectivity index (χ0n) is 23.8. The summed E-state index contributed by atoms with van der Waals surface area (Å²) in [6.07, 6.45) is 1.76. The van der Waals surface area contributed by atoms with Crippen molar-refractivity contribution in [2.75, 3.05) is 17.4 Å². The summed E-state index contributed by atoms with van der Waals surface area (Å²) in [5.41, 5.74) is 4.06. The van der Waals surface area contributed by atoms with Gasteiger partial charge in [-0.3, -0.25) is 13.9 Å². The second kappa shape index (κ2) is 13.9. The molecule has 7 nitrogen and oxygen atoms in total. The van der Waals surface area contributed by atoms with Crippen LogP contribution in [0.5, 0.6) is 0 Å². The molecule has 214 valence electrons. The van der Waals surface area contributed by atoms with E-state index in [-0.39, 0.29) is 17.3 Å². The molecule has 3 rings (SSSR count). The first-order valence-corrected chi connectivity index (χ1v) is 15.7. The summed E-state index contributed by atoms with van der Waals surface area (Å²) in [6, 6.07) is 18.6. The third kappa shape index (κ3) is 7.95. The zero-order chi connectivity index (χ0) is 29.4. The van der Waals surface area contributed by atoms with E-state index in [2.05, 4.69) is 21.2 Å². The molecule has 0 bridgehead atoms. The largest absolute Gasteiger partial charge is 0.354 e. The first-order chi connectivity index (χ1) is 18.9. The second-order valence-corrected chi connectivity index (χ2v) is 12.8. The lowest BCUT2D eigenvalue weighted by Gasteiger charge is -2.32. The van der Waals surface area contributed by atoms with Crippen LogP contribution in [0.4, 0.5) is 5.69 Å². The van der Waals surface area contributed by atoms with Crippen molar-refractivity contribution < 1.29 is 18.0 Å². The number of hydrogen-bond acceptors (Lipinski definition) is 4. The Morgan fingerprint density at radius 2 is 1.57 bits per heavy atom. The SMILES string of the molecule is CCCCNC(=O)[C@H](C)N(Cc1ccc(Br)cc1)C(=O)CN(c1ccc(C)c(C)c1)S(=O)(=O)c1ccc(C)cc1. The molecule has 0 aliphatic rings. The number of hydrogen-bond donors (Lipinski definition) is 1. The molecule has 0 spiro atoms. The van der Waals surface area contributed by atoms with Gasteiger partial charge >= 0.3 is 0 Å². The Labute approximate surface area is 246 Å². The van der Waals surface area contributed by atoms with Gasteiger partial charge in [-0.2, -0.15) is 0 Å². The van der Waals surface area contributed by atoms with Crippen molar-refractivity contribution >= 4 is 43.5 Å². The predicted octanol–water partition coefficient (Wildman–Crippen LogP) is 5.90. The molecule has 1 atom stereocenters. The van der Waals surface area contributed by atoms with Crippen LogP contribution in [-0.2, 0) is 26.2 Å². The molecule has 0 saturated heterocycles. The smallest absolute Gasteiger partial charge is 0.264 e. The maximum absolute atomic E-state index is 14.0. The standard InChI is InChI=1S/C31H38BrN3O4S/c1-6-7-18-33-31(37)25(5)34(20-26-11-13-27(32)14-12-26)30(36)21-35(28-15-10-23(3)24(4)19-28)40(38,39)29-16-8-22(2)9-17-29/h8-17,19,25H,6-7,18,20-21H2,1-5H3,(H,33,37)/t25-/m0/s1. The molecule has 0 heterocycles. The summed E-state index contributed by atoms with van der Waals surface area (Å²) in [4.78, 5) is 28.6. The van der Waals surface area contributed by atoms with Crippen molar-refractivity contribution in [1.82, 2.24) is 10.2 Å². The Morgan fingerprint density at radius 1 is 0.925 bits per heavy atom. The molecule has 1 N–H and O–H groups in total. The van der Waals surface area contributed by atoms with E-state index in [0.29, 0.717) is 12.2 Å². The Morgan fingerprint density at radius 3 is 2.17 bits per heavy atom. The van der Waals surface area contributed by atoms with Crippen LogP contribution < -0.4 is 9.62 Å². The topological polar surface area (TPSA) is 86.8 Å². The summed E-state index contributed by atoms with van der Waals surface area (Å²) < 4.78 is 29.9. The lowest BCUT2D eigenvalue weighted by molar-refractivity contribution is -0.139. The van der Waals surface area contributed by atoms with E-state index in [1.54, 1.807) is 43.3 Å². The molecule has 3 aromatic rings. The van der Waals surface area contributed by atoms with Crippen LogP contribution in [0.15, 0.2) is 76.1 Å². The molecule has 0 unspecified atom stereocenters. The van der Waals surface area contributed by atoms with Gasteiger partial charge in [0.25, 0.3) is 10.0 Å². The van der Waals surface area contributed by atoms with Gasteiger partial charge in [-0.15, -0.1) is 0 Å². The number of amides is 2. The van der Waals surface area contributed by atoms with Crippen molar-refractivity contribution in [3.63, 3.8) is 0 Å². The number of nitrogens with one attached hydrogen (secondary N) is 1. The molecular formula is C31H38BrN3O4S. The van der Waals surface area contributed by atoms with E-state index in [4.69, 9.17) is 0 Å². The Balaban J connectivity index is 2.02. The minimum absolute atomic E-state index is 0.0916. The van der Waals surface area contributed by atoms with Crippen LogP contribution in [-0.4, -0.2) is 44.3 Å². The van der Waals surface area contributed by atoms with Gasteiger partial charge in [-0.1, -0.05) is 65.2 Å². The van der Waals surface area contributed by atoms with Crippen molar-refractivity contribution in [3.8, 4) is 0 Å². The van der Waals surface area contributed by atoms with E-state index in [1.807, 2.05) is 58.0 Å². The number of unbranched alkanes of at least 4 members (excludes halogenated alkanes) is 1. The van der Waals surface area contributed by atoms with Crippen LogP contribution >= 0.6 is 15.9 Å². The summed E-state index contributed by atoms with van der Waals surface area (Å²) in [5.74, 6) is -0.756. The van der Waals surface area contributed by atoms with Crippen LogP contribution in [0.2, 0.25) is 0 Å². The molecule has 2 amide bonds. The quantitative estimate of drug-likeness (QED) is 0.253. The average molecular weight is 629 g/mol. The molecule has 0 aliphatic heterocycles. The van der Waals surface area contributed by atoms with Gasteiger partial charge in [0.05, 0.1) is 10.6 Å². The summed E-state index contributed by atoms with van der Waals surface area (Å²) in [7, 11) is -4.09. The van der Waals surface area contributed by atoms with Gasteiger partial charge in [-0.25, -0.2) is 8.42 Å². The minimum atomic E-state index is -4.09. The third-order valence-electron chi connectivity index (χ3n) is 6.93. The van der Waals surface area contributed by atoms with Crippen LogP contribution in [0, 0.1) is 20.8 Å². The fourth-order valence-electron chi connectivity index (χ4n) is 4.15. The normalized spacial score (nSPS) is 12.1. The second-order valence-electron chi connectivity index (χ2n) is 10.1. The van der Waals surface area contributed by atoms with Crippen LogP contribution in [0.1, 0.15) is 48.9 Å². The Hall–Kier alpha value is -3.17. The van der Waals surface area contributed by atoms with Crippen molar-refractivity contribution in [2.45, 2.75) is 64.9 Å². The molecule has 0 aromatic heterocycles. The van der Waals surface area contributed by atoms with Crippen molar-refractivity contribution in [1.29, 1.82) is 0 Å². The molecule has 0 radical (unpaired) electrons. The van der Waals surface area contributed by atoms with E-state index >= 15 is 0 Å². The fourth-order valence-corrected chi connectivity index (χ4v) is 5.82. The van der Waals surface area contributed by atoms with Gasteiger partial charge in [-0.05, 0) is 87.2 Å². The van der Waals surface area contributed by atoms with Crippen LogP contribution in [0.3, 0.4) is 0 Å². The minimum Gasteiger partial charge on any atom is -0.354 e. The molecule has 40 heavy (non-hydrogen) atoms. The lowest BCUT2D eigenvalue weighted by Crippen LogP contribution is -2.51.